The number of nitrogens with one attached hydrogen (secondary N) is 2. The van der Waals surface area contributed by atoms with Crippen LogP contribution in [0.2, 0.25) is 0 Å². The van der Waals surface area contributed by atoms with Crippen LogP contribution in [0.4, 0.5) is 5.69 Å². The van der Waals surface area contributed by atoms with Gasteiger partial charge in [0.25, 0.3) is 0 Å². The van der Waals surface area contributed by atoms with E-state index < -0.39 is 0 Å². The maximum Gasteiger partial charge on any atom is 0.203 e. The molecule has 0 saturated heterocycles. The number of methoxy groups -OCH3 is 3. The van der Waals surface area contributed by atoms with Crippen molar-refractivity contribution in [1.82, 2.24) is 5.32 Å². The Bertz CT molecular complexity index is 523. The van der Waals surface area contributed by atoms with Gasteiger partial charge in [-0.05, 0) is 19.3 Å². The number of hydrogen-bond acceptors (Lipinski definition) is 4. The van der Waals surface area contributed by atoms with Crippen molar-refractivity contribution in [3.63, 3.8) is 0 Å². The fourth-order valence-electron chi connectivity index (χ4n) is 2.36. The molecule has 0 aliphatic heterocycles. The standard InChI is InChI=1S/C17H27N3O3.HI/c1-5-18-17(19-9-8-12-6-7-12)20-13-10-14(21-2)16(23-4)15(11-13)22-3;/h10-12H,5-9H2,1-4H3,(H2,18,19,20);1H. The molecule has 24 heavy (non-hydrogen) atoms. The van der Waals surface area contributed by atoms with Gasteiger partial charge in [0, 0.05) is 30.9 Å². The molecular formula is C17H28IN3O3. The van der Waals surface area contributed by atoms with Gasteiger partial charge in [0.15, 0.2) is 17.5 Å². The predicted molar refractivity (Wildman–Crippen MR) is 108 cm³/mol. The lowest BCUT2D eigenvalue weighted by Crippen LogP contribution is -2.30. The van der Waals surface area contributed by atoms with Crippen molar-refractivity contribution < 1.29 is 14.2 Å². The first-order chi connectivity index (χ1) is 11.2. The number of ether oxygens (including phenoxy) is 3. The normalized spacial score (nSPS) is 13.8. The second kappa shape index (κ2) is 10.5. The van der Waals surface area contributed by atoms with Crippen LogP contribution in [0, 0.1) is 5.92 Å². The van der Waals surface area contributed by atoms with Crippen molar-refractivity contribution in [3.8, 4) is 17.2 Å². The van der Waals surface area contributed by atoms with Gasteiger partial charge in [-0.1, -0.05) is 12.8 Å². The van der Waals surface area contributed by atoms with Crippen LogP contribution in [0.15, 0.2) is 17.1 Å². The molecule has 1 saturated carbocycles. The van der Waals surface area contributed by atoms with E-state index in [2.05, 4.69) is 15.6 Å². The van der Waals surface area contributed by atoms with E-state index >= 15 is 0 Å². The lowest BCUT2D eigenvalue weighted by molar-refractivity contribution is 0.324. The van der Waals surface area contributed by atoms with Crippen LogP contribution in [-0.2, 0) is 0 Å². The number of aliphatic imine (C=N–C) groups is 1. The van der Waals surface area contributed by atoms with Crippen molar-refractivity contribution in [2.24, 2.45) is 10.9 Å². The van der Waals surface area contributed by atoms with Crippen LogP contribution in [0.25, 0.3) is 0 Å². The Labute approximate surface area is 161 Å². The Balaban J connectivity index is 0.00000288. The number of hydrogen-bond donors (Lipinski definition) is 2. The van der Waals surface area contributed by atoms with Gasteiger partial charge in [-0.25, -0.2) is 0 Å². The fourth-order valence-corrected chi connectivity index (χ4v) is 2.36. The first-order valence-electron chi connectivity index (χ1n) is 8.07. The quantitative estimate of drug-likeness (QED) is 0.362. The monoisotopic (exact) mass is 449 g/mol. The Morgan fingerprint density at radius 3 is 2.21 bits per heavy atom. The van der Waals surface area contributed by atoms with E-state index in [1.807, 2.05) is 19.1 Å². The highest BCUT2D eigenvalue weighted by molar-refractivity contribution is 14.0. The smallest absolute Gasteiger partial charge is 0.203 e. The second-order valence-corrected chi connectivity index (χ2v) is 5.53. The molecule has 1 fully saturated rings. The molecule has 7 heteroatoms. The van der Waals surface area contributed by atoms with Crippen molar-refractivity contribution in [2.45, 2.75) is 26.2 Å². The third kappa shape index (κ3) is 5.92. The molecule has 2 N–H and O–H groups in total. The minimum absolute atomic E-state index is 0. The van der Waals surface area contributed by atoms with Crippen LogP contribution in [0.5, 0.6) is 17.2 Å². The third-order valence-electron chi connectivity index (χ3n) is 3.78. The van der Waals surface area contributed by atoms with E-state index in [-0.39, 0.29) is 24.0 Å². The summed E-state index contributed by atoms with van der Waals surface area (Å²) in [5.41, 5.74) is 0.839. The largest absolute Gasteiger partial charge is 0.493 e. The molecule has 0 spiro atoms. The molecule has 136 valence electrons. The van der Waals surface area contributed by atoms with Crippen LogP contribution in [0.1, 0.15) is 26.2 Å². The molecule has 6 nitrogen and oxygen atoms in total. The van der Waals surface area contributed by atoms with E-state index in [1.165, 1.54) is 12.8 Å². The molecule has 0 aromatic heterocycles. The SMILES string of the molecule is CCNC(=NCCC1CC1)Nc1cc(OC)c(OC)c(OC)c1.I. The summed E-state index contributed by atoms with van der Waals surface area (Å²) in [6.07, 6.45) is 3.87. The van der Waals surface area contributed by atoms with Gasteiger partial charge in [-0.3, -0.25) is 4.99 Å². The molecule has 1 aliphatic rings. The molecule has 1 aliphatic carbocycles. The molecule has 0 heterocycles. The summed E-state index contributed by atoms with van der Waals surface area (Å²) in [5.74, 6) is 3.45. The van der Waals surface area contributed by atoms with E-state index in [9.17, 15) is 0 Å². The zero-order valence-corrected chi connectivity index (χ0v) is 17.2. The van der Waals surface area contributed by atoms with Gasteiger partial charge in [-0.2, -0.15) is 0 Å². The molecule has 0 bridgehead atoms. The highest BCUT2D eigenvalue weighted by atomic mass is 127. The second-order valence-electron chi connectivity index (χ2n) is 5.53. The van der Waals surface area contributed by atoms with Gasteiger partial charge in [0.1, 0.15) is 0 Å². The molecule has 2 rings (SSSR count). The third-order valence-corrected chi connectivity index (χ3v) is 3.78. The summed E-state index contributed by atoms with van der Waals surface area (Å²) in [4.78, 5) is 4.62. The topological polar surface area (TPSA) is 64.1 Å². The van der Waals surface area contributed by atoms with Gasteiger partial charge in [-0.15, -0.1) is 24.0 Å². The van der Waals surface area contributed by atoms with Crippen LogP contribution in [-0.4, -0.2) is 40.4 Å². The predicted octanol–water partition coefficient (Wildman–Crippen LogP) is 3.51. The Kier molecular flexibility index (Phi) is 9.02. The Morgan fingerprint density at radius 1 is 1.12 bits per heavy atom. The maximum atomic E-state index is 5.38. The lowest BCUT2D eigenvalue weighted by atomic mass is 10.2. The molecule has 1 aromatic carbocycles. The van der Waals surface area contributed by atoms with E-state index in [1.54, 1.807) is 21.3 Å². The number of guanidine groups is 1. The number of halogens is 1. The number of nitrogens with zero attached hydrogens (tertiary/aromatic N) is 1. The average Bonchev–Trinajstić information content (AvgIpc) is 3.38. The first-order valence-corrected chi connectivity index (χ1v) is 8.07. The van der Waals surface area contributed by atoms with Crippen molar-refractivity contribution in [3.05, 3.63) is 12.1 Å². The van der Waals surface area contributed by atoms with E-state index in [0.29, 0.717) is 17.2 Å². The van der Waals surface area contributed by atoms with E-state index in [0.717, 1.165) is 37.1 Å². The first kappa shape index (κ1) is 20.7. The molecule has 0 amide bonds. The highest BCUT2D eigenvalue weighted by Gasteiger charge is 2.20. The lowest BCUT2D eigenvalue weighted by Gasteiger charge is -2.16. The highest BCUT2D eigenvalue weighted by Crippen LogP contribution is 2.39. The molecule has 1 aromatic rings. The number of benzene rings is 1. The minimum Gasteiger partial charge on any atom is -0.493 e. The maximum absolute atomic E-state index is 5.38. The summed E-state index contributed by atoms with van der Waals surface area (Å²) in [7, 11) is 4.81. The van der Waals surface area contributed by atoms with Crippen molar-refractivity contribution in [1.29, 1.82) is 0 Å². The fraction of sp³-hybridized carbons (Fsp3) is 0.588. The van der Waals surface area contributed by atoms with Gasteiger partial charge < -0.3 is 24.8 Å². The molecule has 0 radical (unpaired) electrons. The number of rotatable bonds is 8. The summed E-state index contributed by atoms with van der Waals surface area (Å²) >= 11 is 0. The number of anilines is 1. The summed E-state index contributed by atoms with van der Waals surface area (Å²) in [5, 5.41) is 6.55. The van der Waals surface area contributed by atoms with Crippen LogP contribution >= 0.6 is 24.0 Å². The van der Waals surface area contributed by atoms with Crippen LogP contribution < -0.4 is 24.8 Å². The zero-order valence-electron chi connectivity index (χ0n) is 14.8. The summed E-state index contributed by atoms with van der Waals surface area (Å²) in [6, 6.07) is 3.74. The Hall–Kier alpha value is -1.38. The van der Waals surface area contributed by atoms with Gasteiger partial charge in [0.2, 0.25) is 5.75 Å². The van der Waals surface area contributed by atoms with E-state index in [4.69, 9.17) is 14.2 Å². The minimum atomic E-state index is 0. The molecule has 0 unspecified atom stereocenters. The summed E-state index contributed by atoms with van der Waals surface area (Å²) < 4.78 is 16.1. The average molecular weight is 449 g/mol. The van der Waals surface area contributed by atoms with Crippen molar-refractivity contribution in [2.75, 3.05) is 39.7 Å². The molecule has 0 atom stereocenters. The Morgan fingerprint density at radius 2 is 1.75 bits per heavy atom. The molecular weight excluding hydrogens is 421 g/mol. The van der Waals surface area contributed by atoms with Crippen LogP contribution in [0.3, 0.4) is 0 Å². The summed E-state index contributed by atoms with van der Waals surface area (Å²) in [6.45, 7) is 3.69. The van der Waals surface area contributed by atoms with Crippen molar-refractivity contribution >= 4 is 35.6 Å². The van der Waals surface area contributed by atoms with Gasteiger partial charge in [0.05, 0.1) is 21.3 Å². The van der Waals surface area contributed by atoms with Gasteiger partial charge >= 0.3 is 0 Å². The zero-order chi connectivity index (χ0) is 16.7.